The van der Waals surface area contributed by atoms with Crippen LogP contribution < -0.4 is 11.3 Å². The zero-order valence-corrected chi connectivity index (χ0v) is 8.00. The van der Waals surface area contributed by atoms with Crippen molar-refractivity contribution in [1.29, 1.82) is 0 Å². The molecule has 0 saturated carbocycles. The average Bonchev–Trinajstić information content (AvgIpc) is 2.08. The van der Waals surface area contributed by atoms with Crippen LogP contribution in [0, 0.1) is 0 Å². The van der Waals surface area contributed by atoms with Gasteiger partial charge in [-0.3, -0.25) is 4.79 Å². The van der Waals surface area contributed by atoms with Crippen LogP contribution in [-0.2, 0) is 0 Å². The number of aromatic amines is 1. The molecule has 2 heterocycles. The highest BCUT2D eigenvalue weighted by Gasteiger charge is 2.01. The Morgan fingerprint density at radius 3 is 3.08 bits per heavy atom. The van der Waals surface area contributed by atoms with E-state index in [4.69, 9.17) is 5.73 Å². The molecule has 0 aromatic carbocycles. The molecule has 0 fully saturated rings. The van der Waals surface area contributed by atoms with Crippen molar-refractivity contribution in [2.24, 2.45) is 0 Å². The van der Waals surface area contributed by atoms with Gasteiger partial charge in [0.1, 0.15) is 5.65 Å². The molecule has 2 rings (SSSR count). The number of halogens is 1. The third-order valence-electron chi connectivity index (χ3n) is 1.57. The molecule has 0 unspecified atom stereocenters. The first kappa shape index (κ1) is 8.18. The Morgan fingerprint density at radius 2 is 2.31 bits per heavy atom. The summed E-state index contributed by atoms with van der Waals surface area (Å²) in [6.07, 6.45) is 1.55. The minimum absolute atomic E-state index is 0.144. The molecule has 0 radical (unpaired) electrons. The first-order chi connectivity index (χ1) is 6.16. The lowest BCUT2D eigenvalue weighted by Crippen LogP contribution is -2.08. The van der Waals surface area contributed by atoms with E-state index in [1.807, 2.05) is 0 Å². The molecule has 0 aliphatic rings. The Kier molecular flexibility index (Phi) is 1.77. The highest BCUT2D eigenvalue weighted by Crippen LogP contribution is 2.11. The maximum absolute atomic E-state index is 11.1. The van der Waals surface area contributed by atoms with Gasteiger partial charge in [0.25, 0.3) is 5.56 Å². The SMILES string of the molecule is Nc1ncc2cc(Br)c(=O)[nH]c2n1. The number of pyridine rings is 1. The number of nitrogen functional groups attached to an aromatic ring is 1. The Balaban J connectivity index is 2.89. The molecule has 0 aliphatic heterocycles. The van der Waals surface area contributed by atoms with E-state index in [0.717, 1.165) is 5.39 Å². The summed E-state index contributed by atoms with van der Waals surface area (Å²) in [6.45, 7) is 0. The summed E-state index contributed by atoms with van der Waals surface area (Å²) in [5.74, 6) is 0.144. The number of fused-ring (bicyclic) bond motifs is 1. The largest absolute Gasteiger partial charge is 0.368 e. The summed E-state index contributed by atoms with van der Waals surface area (Å²) in [4.78, 5) is 21.4. The molecule has 0 spiro atoms. The topological polar surface area (TPSA) is 84.7 Å². The molecular formula is C7H5BrN4O. The van der Waals surface area contributed by atoms with Gasteiger partial charge in [0.05, 0.1) is 4.47 Å². The molecule has 6 heteroatoms. The molecule has 0 amide bonds. The second-order valence-electron chi connectivity index (χ2n) is 2.48. The molecule has 3 N–H and O–H groups in total. The minimum Gasteiger partial charge on any atom is -0.368 e. The van der Waals surface area contributed by atoms with Gasteiger partial charge < -0.3 is 10.7 Å². The number of nitrogens with zero attached hydrogens (tertiary/aromatic N) is 2. The second kappa shape index (κ2) is 2.81. The molecule has 2 aromatic heterocycles. The maximum Gasteiger partial charge on any atom is 0.263 e. The van der Waals surface area contributed by atoms with E-state index in [1.165, 1.54) is 0 Å². The monoisotopic (exact) mass is 240 g/mol. The molecule has 66 valence electrons. The summed E-state index contributed by atoms with van der Waals surface area (Å²) < 4.78 is 0.452. The van der Waals surface area contributed by atoms with E-state index in [1.54, 1.807) is 12.3 Å². The lowest BCUT2D eigenvalue weighted by molar-refractivity contribution is 1.16. The van der Waals surface area contributed by atoms with Gasteiger partial charge in [-0.25, -0.2) is 4.98 Å². The molecule has 5 nitrogen and oxygen atoms in total. The highest BCUT2D eigenvalue weighted by molar-refractivity contribution is 9.10. The number of nitrogens with one attached hydrogen (secondary N) is 1. The number of anilines is 1. The lowest BCUT2D eigenvalue weighted by atomic mass is 10.3. The van der Waals surface area contributed by atoms with E-state index in [0.29, 0.717) is 10.1 Å². The third kappa shape index (κ3) is 1.40. The second-order valence-corrected chi connectivity index (χ2v) is 3.33. The number of nitrogens with two attached hydrogens (primary N) is 1. The van der Waals surface area contributed by atoms with Gasteiger partial charge in [-0.1, -0.05) is 0 Å². The molecule has 0 atom stereocenters. The van der Waals surface area contributed by atoms with Gasteiger partial charge in [0.2, 0.25) is 5.95 Å². The number of hydrogen-bond acceptors (Lipinski definition) is 4. The van der Waals surface area contributed by atoms with Gasteiger partial charge in [0, 0.05) is 11.6 Å². The van der Waals surface area contributed by atoms with Crippen molar-refractivity contribution in [3.8, 4) is 0 Å². The first-order valence-corrected chi connectivity index (χ1v) is 4.27. The summed E-state index contributed by atoms with van der Waals surface area (Å²) in [5, 5.41) is 0.737. The van der Waals surface area contributed by atoms with E-state index < -0.39 is 0 Å². The predicted molar refractivity (Wildman–Crippen MR) is 52.3 cm³/mol. The van der Waals surface area contributed by atoms with Crippen LogP contribution in [0.1, 0.15) is 0 Å². The molecule has 0 bridgehead atoms. The summed E-state index contributed by atoms with van der Waals surface area (Å²) >= 11 is 3.10. The van der Waals surface area contributed by atoms with Crippen LogP contribution in [0.3, 0.4) is 0 Å². The average molecular weight is 241 g/mol. The molecular weight excluding hydrogens is 236 g/mol. The summed E-state index contributed by atoms with van der Waals surface area (Å²) in [5.41, 5.74) is 5.57. The fourth-order valence-electron chi connectivity index (χ4n) is 0.980. The zero-order chi connectivity index (χ0) is 9.42. The van der Waals surface area contributed by atoms with Gasteiger partial charge in [-0.2, -0.15) is 4.98 Å². The smallest absolute Gasteiger partial charge is 0.263 e. The van der Waals surface area contributed by atoms with Crippen molar-refractivity contribution >= 4 is 32.9 Å². The zero-order valence-electron chi connectivity index (χ0n) is 6.41. The fraction of sp³-hybridized carbons (Fsp3) is 0. The summed E-state index contributed by atoms with van der Waals surface area (Å²) in [6, 6.07) is 1.65. The lowest BCUT2D eigenvalue weighted by Gasteiger charge is -1.97. The van der Waals surface area contributed by atoms with Gasteiger partial charge in [0.15, 0.2) is 0 Å². The number of aromatic nitrogens is 3. The first-order valence-electron chi connectivity index (χ1n) is 3.48. The quantitative estimate of drug-likeness (QED) is 0.709. The van der Waals surface area contributed by atoms with Crippen molar-refractivity contribution in [2.75, 3.05) is 5.73 Å². The molecule has 2 aromatic rings. The summed E-state index contributed by atoms with van der Waals surface area (Å²) in [7, 11) is 0. The normalized spacial score (nSPS) is 10.5. The number of hydrogen-bond donors (Lipinski definition) is 2. The van der Waals surface area contributed by atoms with Crippen LogP contribution in [0.15, 0.2) is 21.5 Å². The van der Waals surface area contributed by atoms with Gasteiger partial charge in [-0.05, 0) is 22.0 Å². The number of H-pyrrole nitrogens is 1. The van der Waals surface area contributed by atoms with Crippen LogP contribution in [0.25, 0.3) is 11.0 Å². The number of rotatable bonds is 0. The van der Waals surface area contributed by atoms with E-state index >= 15 is 0 Å². The van der Waals surface area contributed by atoms with Crippen molar-refractivity contribution in [3.05, 3.63) is 27.1 Å². The van der Waals surface area contributed by atoms with Crippen LogP contribution >= 0.6 is 15.9 Å². The van der Waals surface area contributed by atoms with Crippen LogP contribution in [0.4, 0.5) is 5.95 Å². The van der Waals surface area contributed by atoms with Crippen LogP contribution in [-0.4, -0.2) is 15.0 Å². The molecule has 0 aliphatic carbocycles. The Hall–Kier alpha value is -1.43. The van der Waals surface area contributed by atoms with Crippen molar-refractivity contribution in [1.82, 2.24) is 15.0 Å². The van der Waals surface area contributed by atoms with E-state index in [-0.39, 0.29) is 11.5 Å². The maximum atomic E-state index is 11.1. The van der Waals surface area contributed by atoms with E-state index in [9.17, 15) is 4.79 Å². The molecule has 13 heavy (non-hydrogen) atoms. The van der Waals surface area contributed by atoms with E-state index in [2.05, 4.69) is 30.9 Å². The molecule has 0 saturated heterocycles. The fourth-order valence-corrected chi connectivity index (χ4v) is 1.33. The van der Waals surface area contributed by atoms with Crippen molar-refractivity contribution in [3.63, 3.8) is 0 Å². The Bertz CT molecular complexity index is 521. The van der Waals surface area contributed by atoms with Gasteiger partial charge >= 0.3 is 0 Å². The van der Waals surface area contributed by atoms with Crippen LogP contribution in [0.2, 0.25) is 0 Å². The highest BCUT2D eigenvalue weighted by atomic mass is 79.9. The standard InChI is InChI=1S/C7H5BrN4O/c8-4-1-3-2-10-7(9)12-5(3)11-6(4)13/h1-2H,(H3,9,10,11,12,13). The minimum atomic E-state index is -0.231. The van der Waals surface area contributed by atoms with Crippen molar-refractivity contribution < 1.29 is 0 Å². The van der Waals surface area contributed by atoms with Gasteiger partial charge in [-0.15, -0.1) is 0 Å². The van der Waals surface area contributed by atoms with Crippen LogP contribution in [0.5, 0.6) is 0 Å². The Labute approximate surface area is 81.1 Å². The third-order valence-corrected chi connectivity index (χ3v) is 2.16. The Morgan fingerprint density at radius 1 is 1.54 bits per heavy atom. The van der Waals surface area contributed by atoms with Crippen molar-refractivity contribution in [2.45, 2.75) is 0 Å². The predicted octanol–water partition coefficient (Wildman–Crippen LogP) is 0.663.